The number of aromatic hydroxyl groups is 1. The number of hydrogen-bond donors (Lipinski definition) is 2. The van der Waals surface area contributed by atoms with Gasteiger partial charge in [-0.3, -0.25) is 14.9 Å². The molecule has 8 heteroatoms. The molecule has 0 unspecified atom stereocenters. The zero-order chi connectivity index (χ0) is 18.8. The number of nitrogens with zero attached hydrogens (tertiary/aromatic N) is 1. The predicted octanol–water partition coefficient (Wildman–Crippen LogP) is 2.83. The van der Waals surface area contributed by atoms with Crippen molar-refractivity contribution in [2.45, 2.75) is 0 Å². The minimum atomic E-state index is -0.835. The van der Waals surface area contributed by atoms with Crippen LogP contribution in [0, 0.1) is 0 Å². The van der Waals surface area contributed by atoms with Crippen LogP contribution in [0.2, 0.25) is 0 Å². The summed E-state index contributed by atoms with van der Waals surface area (Å²) in [6.45, 7) is 0. The van der Waals surface area contributed by atoms with Crippen molar-refractivity contribution in [3.05, 3.63) is 58.1 Å². The first kappa shape index (κ1) is 17.7. The summed E-state index contributed by atoms with van der Waals surface area (Å²) < 4.78 is 5.78. The number of imide groups is 2. The number of urea groups is 1. The van der Waals surface area contributed by atoms with Gasteiger partial charge < -0.3 is 9.84 Å². The van der Waals surface area contributed by atoms with Gasteiger partial charge in [0.2, 0.25) is 0 Å². The Kier molecular flexibility index (Phi) is 4.77. The van der Waals surface area contributed by atoms with Crippen molar-refractivity contribution >= 4 is 45.5 Å². The van der Waals surface area contributed by atoms with Crippen LogP contribution in [0.25, 0.3) is 6.08 Å². The Balaban J connectivity index is 2.01. The number of nitrogens with one attached hydrogen (secondary N) is 1. The molecule has 1 fully saturated rings. The topological polar surface area (TPSA) is 95.9 Å². The van der Waals surface area contributed by atoms with E-state index < -0.39 is 17.8 Å². The first-order valence-electron chi connectivity index (χ1n) is 7.44. The predicted molar refractivity (Wildman–Crippen MR) is 97.8 cm³/mol. The summed E-state index contributed by atoms with van der Waals surface area (Å²) in [6.07, 6.45) is 1.23. The summed E-state index contributed by atoms with van der Waals surface area (Å²) in [6, 6.07) is 10.1. The minimum Gasteiger partial charge on any atom is -0.507 e. The molecular formula is C18H13BrN2O5. The SMILES string of the molecule is COc1ccc(/C=C2\C(=O)NC(=O)N(c3ccc(Br)cc3)C2=O)c(O)c1. The third kappa shape index (κ3) is 3.31. The number of rotatable bonds is 3. The minimum absolute atomic E-state index is 0.162. The van der Waals surface area contributed by atoms with Gasteiger partial charge in [-0.25, -0.2) is 9.69 Å². The van der Waals surface area contributed by atoms with Crippen LogP contribution in [0.4, 0.5) is 10.5 Å². The monoisotopic (exact) mass is 416 g/mol. The maximum absolute atomic E-state index is 12.7. The van der Waals surface area contributed by atoms with Gasteiger partial charge in [0.05, 0.1) is 12.8 Å². The second kappa shape index (κ2) is 7.01. The molecule has 0 aliphatic carbocycles. The zero-order valence-corrected chi connectivity index (χ0v) is 15.1. The number of carbonyl (C=O) groups excluding carboxylic acids is 3. The van der Waals surface area contributed by atoms with Gasteiger partial charge in [-0.2, -0.15) is 0 Å². The van der Waals surface area contributed by atoms with Crippen molar-refractivity contribution in [2.24, 2.45) is 0 Å². The average Bonchev–Trinajstić information content (AvgIpc) is 2.61. The first-order chi connectivity index (χ1) is 12.4. The Bertz CT molecular complexity index is 937. The van der Waals surface area contributed by atoms with E-state index in [-0.39, 0.29) is 16.9 Å². The molecular weight excluding hydrogens is 404 g/mol. The number of barbiturate groups is 1. The van der Waals surface area contributed by atoms with Gasteiger partial charge in [0.15, 0.2) is 0 Å². The fourth-order valence-corrected chi connectivity index (χ4v) is 2.67. The highest BCUT2D eigenvalue weighted by Gasteiger charge is 2.36. The molecule has 132 valence electrons. The number of carbonyl (C=O) groups is 3. The Morgan fingerprint density at radius 1 is 1.12 bits per heavy atom. The molecule has 0 spiro atoms. The van der Waals surface area contributed by atoms with E-state index in [0.717, 1.165) is 9.37 Å². The molecule has 0 bridgehead atoms. The Morgan fingerprint density at radius 3 is 2.42 bits per heavy atom. The molecule has 2 N–H and O–H groups in total. The fraction of sp³-hybridized carbons (Fsp3) is 0.0556. The molecule has 0 aromatic heterocycles. The largest absolute Gasteiger partial charge is 0.507 e. The van der Waals surface area contributed by atoms with E-state index in [2.05, 4.69) is 21.2 Å². The van der Waals surface area contributed by atoms with E-state index in [4.69, 9.17) is 4.74 Å². The van der Waals surface area contributed by atoms with Crippen molar-refractivity contribution < 1.29 is 24.2 Å². The number of phenolic OH excluding ortho intramolecular Hbond substituents is 1. The van der Waals surface area contributed by atoms with E-state index in [9.17, 15) is 19.5 Å². The zero-order valence-electron chi connectivity index (χ0n) is 13.5. The summed E-state index contributed by atoms with van der Waals surface area (Å²) in [7, 11) is 1.45. The smallest absolute Gasteiger partial charge is 0.335 e. The van der Waals surface area contributed by atoms with Crippen LogP contribution in [0.3, 0.4) is 0 Å². The summed E-state index contributed by atoms with van der Waals surface area (Å²) >= 11 is 3.28. The van der Waals surface area contributed by atoms with Crippen molar-refractivity contribution in [2.75, 3.05) is 12.0 Å². The van der Waals surface area contributed by atoms with Gasteiger partial charge in [-0.15, -0.1) is 0 Å². The number of halogens is 1. The summed E-state index contributed by atoms with van der Waals surface area (Å²) in [5, 5.41) is 12.2. The van der Waals surface area contributed by atoms with Crippen LogP contribution in [0.15, 0.2) is 52.5 Å². The summed E-state index contributed by atoms with van der Waals surface area (Å²) in [5.74, 6) is -1.35. The van der Waals surface area contributed by atoms with Crippen molar-refractivity contribution in [1.29, 1.82) is 0 Å². The lowest BCUT2D eigenvalue weighted by atomic mass is 10.1. The highest BCUT2D eigenvalue weighted by atomic mass is 79.9. The van der Waals surface area contributed by atoms with E-state index >= 15 is 0 Å². The number of hydrogen-bond acceptors (Lipinski definition) is 5. The van der Waals surface area contributed by atoms with Gasteiger partial charge >= 0.3 is 6.03 Å². The van der Waals surface area contributed by atoms with E-state index in [1.54, 1.807) is 30.3 Å². The lowest BCUT2D eigenvalue weighted by molar-refractivity contribution is -0.122. The molecule has 4 amide bonds. The molecule has 0 saturated carbocycles. The van der Waals surface area contributed by atoms with E-state index in [1.807, 2.05) is 0 Å². The summed E-state index contributed by atoms with van der Waals surface area (Å²) in [5.41, 5.74) is 0.287. The molecule has 1 heterocycles. The van der Waals surface area contributed by atoms with E-state index in [0.29, 0.717) is 11.4 Å². The molecule has 1 aliphatic rings. The maximum atomic E-state index is 12.7. The molecule has 0 radical (unpaired) electrons. The van der Waals surface area contributed by atoms with Crippen LogP contribution in [0.1, 0.15) is 5.56 Å². The number of benzene rings is 2. The maximum Gasteiger partial charge on any atom is 0.335 e. The van der Waals surface area contributed by atoms with Crippen LogP contribution < -0.4 is 15.0 Å². The third-order valence-electron chi connectivity index (χ3n) is 3.72. The molecule has 3 rings (SSSR count). The van der Waals surface area contributed by atoms with Crippen molar-refractivity contribution in [3.8, 4) is 11.5 Å². The van der Waals surface area contributed by atoms with Gasteiger partial charge in [-0.05, 0) is 42.5 Å². The fourth-order valence-electron chi connectivity index (χ4n) is 2.41. The second-order valence-electron chi connectivity index (χ2n) is 5.36. The first-order valence-corrected chi connectivity index (χ1v) is 8.24. The van der Waals surface area contributed by atoms with Crippen LogP contribution >= 0.6 is 15.9 Å². The molecule has 2 aromatic rings. The lowest BCUT2D eigenvalue weighted by Gasteiger charge is -2.26. The van der Waals surface area contributed by atoms with Gasteiger partial charge in [0.25, 0.3) is 11.8 Å². The highest BCUT2D eigenvalue weighted by Crippen LogP contribution is 2.28. The van der Waals surface area contributed by atoms with Crippen LogP contribution in [-0.2, 0) is 9.59 Å². The molecule has 1 saturated heterocycles. The van der Waals surface area contributed by atoms with Gasteiger partial charge in [-0.1, -0.05) is 15.9 Å². The van der Waals surface area contributed by atoms with Crippen LogP contribution in [-0.4, -0.2) is 30.1 Å². The number of phenols is 1. The molecule has 1 aliphatic heterocycles. The van der Waals surface area contributed by atoms with Crippen LogP contribution in [0.5, 0.6) is 11.5 Å². The molecule has 2 aromatic carbocycles. The molecule has 26 heavy (non-hydrogen) atoms. The standard InChI is InChI=1S/C18H13BrN2O5/c1-26-13-7-2-10(15(22)9-13)8-14-16(23)20-18(25)21(17(14)24)12-5-3-11(19)4-6-12/h2-9,22H,1H3,(H,20,23,25)/b14-8+. The highest BCUT2D eigenvalue weighted by molar-refractivity contribution is 9.10. The number of ether oxygens (including phenoxy) is 1. The van der Waals surface area contributed by atoms with Gasteiger partial charge in [0, 0.05) is 16.1 Å². The average molecular weight is 417 g/mol. The number of methoxy groups -OCH3 is 1. The lowest BCUT2D eigenvalue weighted by Crippen LogP contribution is -2.54. The normalized spacial score (nSPS) is 16.0. The molecule has 0 atom stereocenters. The Labute approximate surface area is 157 Å². The third-order valence-corrected chi connectivity index (χ3v) is 4.25. The Morgan fingerprint density at radius 2 is 1.81 bits per heavy atom. The number of anilines is 1. The van der Waals surface area contributed by atoms with Crippen molar-refractivity contribution in [3.63, 3.8) is 0 Å². The van der Waals surface area contributed by atoms with E-state index in [1.165, 1.54) is 25.3 Å². The van der Waals surface area contributed by atoms with Crippen molar-refractivity contribution in [1.82, 2.24) is 5.32 Å². The Hall–Kier alpha value is -3.13. The quantitative estimate of drug-likeness (QED) is 0.592. The number of amides is 4. The molecule has 7 nitrogen and oxygen atoms in total. The van der Waals surface area contributed by atoms with Gasteiger partial charge in [0.1, 0.15) is 17.1 Å². The second-order valence-corrected chi connectivity index (χ2v) is 6.27. The summed E-state index contributed by atoms with van der Waals surface area (Å²) in [4.78, 5) is 37.8.